The van der Waals surface area contributed by atoms with E-state index in [1.807, 2.05) is 25.1 Å². The van der Waals surface area contributed by atoms with Gasteiger partial charge in [0, 0.05) is 25.2 Å². The first-order valence-electron chi connectivity index (χ1n) is 6.67. The van der Waals surface area contributed by atoms with Crippen LogP contribution in [0.5, 0.6) is 0 Å². The zero-order chi connectivity index (χ0) is 15.2. The Balaban J connectivity index is 2.16. The molecule has 5 nitrogen and oxygen atoms in total. The highest BCUT2D eigenvalue weighted by molar-refractivity contribution is 6.35. The Hall–Kier alpha value is -1.69. The number of hydrogen-bond acceptors (Lipinski definition) is 4. The number of carbonyl (C=O) groups excluding carboxylic acids is 1. The Kier molecular flexibility index (Phi) is 5.50. The van der Waals surface area contributed by atoms with Crippen LogP contribution in [0.2, 0.25) is 5.02 Å². The van der Waals surface area contributed by atoms with Gasteiger partial charge in [0.2, 0.25) is 5.91 Å². The Morgan fingerprint density at radius 1 is 1.48 bits per heavy atom. The average molecular weight is 308 g/mol. The smallest absolute Gasteiger partial charge is 0.238 e. The Labute approximate surface area is 128 Å². The number of amides is 1. The number of rotatable bonds is 6. The number of benzene rings is 1. The molecule has 1 aromatic carbocycles. The van der Waals surface area contributed by atoms with Crippen molar-refractivity contribution in [2.75, 3.05) is 32.1 Å². The first-order chi connectivity index (χ1) is 10.1. The minimum atomic E-state index is -0.151. The highest BCUT2D eigenvalue weighted by atomic mass is 35.5. The van der Waals surface area contributed by atoms with Gasteiger partial charge in [0.1, 0.15) is 0 Å². The van der Waals surface area contributed by atoms with E-state index in [1.54, 1.807) is 13.3 Å². The third kappa shape index (κ3) is 3.91. The van der Waals surface area contributed by atoms with E-state index in [2.05, 4.69) is 15.6 Å². The van der Waals surface area contributed by atoms with Gasteiger partial charge in [0.25, 0.3) is 0 Å². The fraction of sp³-hybridized carbons (Fsp3) is 0.333. The zero-order valence-electron chi connectivity index (χ0n) is 12.1. The van der Waals surface area contributed by atoms with E-state index in [1.165, 1.54) is 0 Å². The van der Waals surface area contributed by atoms with Crippen molar-refractivity contribution >= 4 is 34.1 Å². The first-order valence-corrected chi connectivity index (χ1v) is 7.04. The van der Waals surface area contributed by atoms with E-state index in [0.29, 0.717) is 23.9 Å². The van der Waals surface area contributed by atoms with Crippen molar-refractivity contribution in [3.63, 3.8) is 0 Å². The van der Waals surface area contributed by atoms with Crippen molar-refractivity contribution in [2.24, 2.45) is 0 Å². The van der Waals surface area contributed by atoms with Crippen LogP contribution in [0.25, 0.3) is 10.9 Å². The molecule has 1 heterocycles. The number of nitrogens with one attached hydrogen (secondary N) is 2. The van der Waals surface area contributed by atoms with Gasteiger partial charge in [-0.15, -0.1) is 0 Å². The lowest BCUT2D eigenvalue weighted by molar-refractivity contribution is -0.115. The van der Waals surface area contributed by atoms with E-state index >= 15 is 0 Å². The summed E-state index contributed by atoms with van der Waals surface area (Å²) < 4.78 is 4.91. The Morgan fingerprint density at radius 2 is 2.29 bits per heavy atom. The summed E-state index contributed by atoms with van der Waals surface area (Å²) >= 11 is 6.25. The molecular weight excluding hydrogens is 290 g/mol. The molecule has 21 heavy (non-hydrogen) atoms. The molecule has 0 unspecified atom stereocenters. The van der Waals surface area contributed by atoms with Crippen molar-refractivity contribution in [2.45, 2.75) is 6.92 Å². The van der Waals surface area contributed by atoms with Gasteiger partial charge in [-0.2, -0.15) is 0 Å². The average Bonchev–Trinajstić information content (AvgIpc) is 2.48. The number of hydrogen-bond donors (Lipinski definition) is 2. The molecule has 0 atom stereocenters. The molecule has 0 saturated carbocycles. The fourth-order valence-corrected chi connectivity index (χ4v) is 2.38. The lowest BCUT2D eigenvalue weighted by Gasteiger charge is -2.12. The lowest BCUT2D eigenvalue weighted by Crippen LogP contribution is -2.30. The summed E-state index contributed by atoms with van der Waals surface area (Å²) in [5, 5.41) is 7.19. The largest absolute Gasteiger partial charge is 0.383 e. The second-order valence-electron chi connectivity index (χ2n) is 4.67. The number of halogens is 1. The van der Waals surface area contributed by atoms with Crippen molar-refractivity contribution in [1.82, 2.24) is 10.3 Å². The molecule has 6 heteroatoms. The number of carbonyl (C=O) groups is 1. The van der Waals surface area contributed by atoms with Crippen LogP contribution in [0.15, 0.2) is 24.4 Å². The number of nitrogens with zero attached hydrogens (tertiary/aromatic N) is 1. The number of ether oxygens (including phenoxy) is 1. The third-order valence-corrected chi connectivity index (χ3v) is 3.36. The lowest BCUT2D eigenvalue weighted by atomic mass is 10.1. The summed E-state index contributed by atoms with van der Waals surface area (Å²) in [4.78, 5) is 16.3. The molecule has 0 aliphatic carbocycles. The Morgan fingerprint density at radius 3 is 3.05 bits per heavy atom. The number of fused-ring (bicyclic) bond motifs is 1. The molecule has 0 saturated heterocycles. The van der Waals surface area contributed by atoms with E-state index in [-0.39, 0.29) is 12.5 Å². The van der Waals surface area contributed by atoms with Gasteiger partial charge in [-0.1, -0.05) is 11.6 Å². The van der Waals surface area contributed by atoms with Crippen molar-refractivity contribution in [3.05, 3.63) is 35.0 Å². The zero-order valence-corrected chi connectivity index (χ0v) is 12.8. The van der Waals surface area contributed by atoms with E-state index in [4.69, 9.17) is 16.3 Å². The topological polar surface area (TPSA) is 63.2 Å². The van der Waals surface area contributed by atoms with Crippen LogP contribution in [-0.4, -0.2) is 37.7 Å². The second kappa shape index (κ2) is 7.36. The number of methoxy groups -OCH3 is 1. The standard InChI is InChI=1S/C15H18ClN3O2/c1-10-8-12(16)15(11-4-3-5-18-14(10)11)19-13(20)9-17-6-7-21-2/h3-5,8,17H,6-7,9H2,1-2H3,(H,19,20). The van der Waals surface area contributed by atoms with Gasteiger partial charge < -0.3 is 15.4 Å². The van der Waals surface area contributed by atoms with Crippen molar-refractivity contribution in [3.8, 4) is 0 Å². The molecule has 112 valence electrons. The predicted octanol–water partition coefficient (Wildman–Crippen LogP) is 2.37. The van der Waals surface area contributed by atoms with Gasteiger partial charge in [-0.05, 0) is 30.7 Å². The SMILES string of the molecule is COCCNCC(=O)Nc1c(Cl)cc(C)c2ncccc12. The molecule has 0 fully saturated rings. The van der Waals surface area contributed by atoms with Gasteiger partial charge in [-0.3, -0.25) is 9.78 Å². The molecular formula is C15H18ClN3O2. The summed E-state index contributed by atoms with van der Waals surface area (Å²) in [6.45, 7) is 3.33. The van der Waals surface area contributed by atoms with Crippen molar-refractivity contribution < 1.29 is 9.53 Å². The first kappa shape index (κ1) is 15.7. The van der Waals surface area contributed by atoms with Gasteiger partial charge in [0.05, 0.1) is 29.4 Å². The maximum absolute atomic E-state index is 12.0. The van der Waals surface area contributed by atoms with Gasteiger partial charge in [0.15, 0.2) is 0 Å². The Bertz CT molecular complexity index is 646. The molecule has 0 aliphatic rings. The van der Waals surface area contributed by atoms with Crippen LogP contribution >= 0.6 is 11.6 Å². The minimum Gasteiger partial charge on any atom is -0.383 e. The maximum Gasteiger partial charge on any atom is 0.238 e. The molecule has 0 spiro atoms. The number of aromatic nitrogens is 1. The summed E-state index contributed by atoms with van der Waals surface area (Å²) in [6, 6.07) is 5.53. The quantitative estimate of drug-likeness (QED) is 0.804. The molecule has 1 aromatic heterocycles. The highest BCUT2D eigenvalue weighted by Gasteiger charge is 2.12. The van der Waals surface area contributed by atoms with Crippen LogP contribution in [-0.2, 0) is 9.53 Å². The molecule has 0 radical (unpaired) electrons. The van der Waals surface area contributed by atoms with Crippen LogP contribution in [0, 0.1) is 6.92 Å². The van der Waals surface area contributed by atoms with Gasteiger partial charge >= 0.3 is 0 Å². The fourth-order valence-electron chi connectivity index (χ4n) is 2.07. The van der Waals surface area contributed by atoms with E-state index in [0.717, 1.165) is 16.5 Å². The maximum atomic E-state index is 12.0. The minimum absolute atomic E-state index is 0.151. The molecule has 1 amide bonds. The predicted molar refractivity (Wildman–Crippen MR) is 84.9 cm³/mol. The molecule has 2 aromatic rings. The number of pyridine rings is 1. The summed E-state index contributed by atoms with van der Waals surface area (Å²) in [5.41, 5.74) is 2.42. The van der Waals surface area contributed by atoms with Crippen LogP contribution in [0.3, 0.4) is 0 Å². The number of anilines is 1. The van der Waals surface area contributed by atoms with Crippen molar-refractivity contribution in [1.29, 1.82) is 0 Å². The molecule has 2 rings (SSSR count). The normalized spacial score (nSPS) is 10.8. The van der Waals surface area contributed by atoms with Crippen LogP contribution in [0.1, 0.15) is 5.56 Å². The summed E-state index contributed by atoms with van der Waals surface area (Å²) in [6.07, 6.45) is 1.72. The molecule has 2 N–H and O–H groups in total. The summed E-state index contributed by atoms with van der Waals surface area (Å²) in [5.74, 6) is -0.151. The third-order valence-electron chi connectivity index (χ3n) is 3.07. The monoisotopic (exact) mass is 307 g/mol. The van der Waals surface area contributed by atoms with Crippen LogP contribution < -0.4 is 10.6 Å². The molecule has 0 aliphatic heterocycles. The second-order valence-corrected chi connectivity index (χ2v) is 5.07. The van der Waals surface area contributed by atoms with E-state index < -0.39 is 0 Å². The summed E-state index contributed by atoms with van der Waals surface area (Å²) in [7, 11) is 1.62. The molecule has 0 bridgehead atoms. The number of aryl methyl sites for hydroxylation is 1. The van der Waals surface area contributed by atoms with Crippen LogP contribution in [0.4, 0.5) is 5.69 Å². The van der Waals surface area contributed by atoms with Gasteiger partial charge in [-0.25, -0.2) is 0 Å². The van der Waals surface area contributed by atoms with E-state index in [9.17, 15) is 4.79 Å². The highest BCUT2D eigenvalue weighted by Crippen LogP contribution is 2.32.